The number of aliphatic carboxylic acids is 1. The van der Waals surface area contributed by atoms with Crippen LogP contribution in [0.15, 0.2) is 0 Å². The van der Waals surface area contributed by atoms with Crippen molar-refractivity contribution in [2.45, 2.75) is 25.1 Å². The van der Waals surface area contributed by atoms with Crippen molar-refractivity contribution in [1.29, 1.82) is 0 Å². The molecule has 0 aliphatic rings. The predicted molar refractivity (Wildman–Crippen MR) is 32.2 cm³/mol. The van der Waals surface area contributed by atoms with Gasteiger partial charge in [-0.2, -0.15) is 0 Å². The molecule has 0 atom stereocenters. The zero-order valence-electron chi connectivity index (χ0n) is 4.94. The molecule has 0 aromatic rings. The third kappa shape index (κ3) is 5.76. The van der Waals surface area contributed by atoms with Crippen molar-refractivity contribution in [3.05, 3.63) is 0 Å². The Hall–Kier alpha value is -0.240. The molecule has 0 unspecified atom stereocenters. The summed E-state index contributed by atoms with van der Waals surface area (Å²) < 4.78 is 0. The van der Waals surface area contributed by atoms with Crippen LogP contribution in [-0.4, -0.2) is 16.0 Å². The van der Waals surface area contributed by atoms with Gasteiger partial charge in [-0.15, -0.1) is 11.6 Å². The van der Waals surface area contributed by atoms with Crippen molar-refractivity contribution in [2.75, 3.05) is 0 Å². The lowest BCUT2D eigenvalue weighted by Crippen LogP contribution is -2.15. The average Bonchev–Trinajstić information content (AvgIpc) is 1.21. The van der Waals surface area contributed by atoms with E-state index in [0.29, 0.717) is 0 Å². The van der Waals surface area contributed by atoms with Crippen LogP contribution in [-0.2, 0) is 4.79 Å². The zero-order chi connectivity index (χ0) is 6.78. The molecule has 8 heavy (non-hydrogen) atoms. The minimum atomic E-state index is -0.856. The largest absolute Gasteiger partial charge is 0.481 e. The van der Waals surface area contributed by atoms with Crippen LogP contribution in [0.3, 0.4) is 0 Å². The Morgan fingerprint density at radius 3 is 2.12 bits per heavy atom. The molecule has 0 amide bonds. The van der Waals surface area contributed by atoms with Crippen LogP contribution in [0.5, 0.6) is 0 Å². The first-order valence-corrected chi connectivity index (χ1v) is 2.70. The predicted octanol–water partition coefficient (Wildman–Crippen LogP) is 1.48. The number of hydrogen-bond acceptors (Lipinski definition) is 1. The molecule has 0 fully saturated rings. The van der Waals surface area contributed by atoms with Gasteiger partial charge in [-0.3, -0.25) is 4.79 Å². The van der Waals surface area contributed by atoms with Gasteiger partial charge >= 0.3 is 5.97 Å². The highest BCUT2D eigenvalue weighted by Crippen LogP contribution is 2.16. The quantitative estimate of drug-likeness (QED) is 0.584. The Bertz CT molecular complexity index is 93.1. The van der Waals surface area contributed by atoms with E-state index in [1.54, 1.807) is 13.8 Å². The first kappa shape index (κ1) is 7.76. The third-order valence-electron chi connectivity index (χ3n) is 0.572. The standard InChI is InChI=1S/C5H9ClO2/c1-5(2,6)3-4(7)8/h3H2,1-2H3,(H,7,8). The van der Waals surface area contributed by atoms with Crippen LogP contribution in [0, 0.1) is 0 Å². The summed E-state index contributed by atoms with van der Waals surface area (Å²) in [5, 5.41) is 8.16. The highest BCUT2D eigenvalue weighted by atomic mass is 35.5. The smallest absolute Gasteiger partial charge is 0.305 e. The van der Waals surface area contributed by atoms with Gasteiger partial charge in [0.05, 0.1) is 6.42 Å². The Morgan fingerprint density at radius 2 is 2.12 bits per heavy atom. The van der Waals surface area contributed by atoms with Crippen LogP contribution < -0.4 is 0 Å². The van der Waals surface area contributed by atoms with Gasteiger partial charge in [0.1, 0.15) is 0 Å². The molecule has 0 aliphatic carbocycles. The number of rotatable bonds is 2. The molecule has 0 saturated carbocycles. The van der Waals surface area contributed by atoms with Gasteiger partial charge in [0.2, 0.25) is 0 Å². The Morgan fingerprint density at radius 1 is 1.75 bits per heavy atom. The maximum Gasteiger partial charge on any atom is 0.305 e. The van der Waals surface area contributed by atoms with Gasteiger partial charge in [-0.25, -0.2) is 0 Å². The van der Waals surface area contributed by atoms with E-state index in [1.165, 1.54) is 0 Å². The van der Waals surface area contributed by atoms with Gasteiger partial charge < -0.3 is 5.11 Å². The lowest BCUT2D eigenvalue weighted by Gasteiger charge is -2.10. The molecule has 0 aliphatic heterocycles. The molecule has 2 nitrogen and oxygen atoms in total. The second-order valence-electron chi connectivity index (χ2n) is 2.29. The highest BCUT2D eigenvalue weighted by molar-refractivity contribution is 6.24. The number of halogens is 1. The summed E-state index contributed by atoms with van der Waals surface area (Å²) in [5.74, 6) is -0.856. The number of carboxylic acid groups (broad SMARTS) is 1. The Labute approximate surface area is 53.5 Å². The molecule has 0 bridgehead atoms. The molecule has 0 heterocycles. The van der Waals surface area contributed by atoms with E-state index in [0.717, 1.165) is 0 Å². The van der Waals surface area contributed by atoms with Crippen LogP contribution in [0.2, 0.25) is 0 Å². The van der Waals surface area contributed by atoms with E-state index in [2.05, 4.69) is 0 Å². The number of alkyl halides is 1. The summed E-state index contributed by atoms with van der Waals surface area (Å²) in [7, 11) is 0. The van der Waals surface area contributed by atoms with Crippen LogP contribution in [0.25, 0.3) is 0 Å². The van der Waals surface area contributed by atoms with Crippen LogP contribution in [0.1, 0.15) is 20.3 Å². The van der Waals surface area contributed by atoms with Crippen molar-refractivity contribution >= 4 is 17.6 Å². The highest BCUT2D eigenvalue weighted by Gasteiger charge is 2.16. The summed E-state index contributed by atoms with van der Waals surface area (Å²) in [6.45, 7) is 3.34. The van der Waals surface area contributed by atoms with E-state index in [9.17, 15) is 4.79 Å². The molecule has 0 aromatic carbocycles. The third-order valence-corrected chi connectivity index (χ3v) is 0.705. The van der Waals surface area contributed by atoms with Gasteiger partial charge in [0, 0.05) is 4.87 Å². The SMILES string of the molecule is CC(C)(Cl)CC(=O)O. The van der Waals surface area contributed by atoms with Crippen molar-refractivity contribution in [2.24, 2.45) is 0 Å². The first-order chi connectivity index (χ1) is 3.42. The van der Waals surface area contributed by atoms with E-state index < -0.39 is 10.8 Å². The maximum absolute atomic E-state index is 9.93. The van der Waals surface area contributed by atoms with Crippen molar-refractivity contribution in [3.8, 4) is 0 Å². The fourth-order valence-electron chi connectivity index (χ4n) is 0.360. The summed E-state index contributed by atoms with van der Waals surface area (Å²) in [6, 6.07) is 0. The molecule has 3 heteroatoms. The fraction of sp³-hybridized carbons (Fsp3) is 0.800. The topological polar surface area (TPSA) is 37.3 Å². The van der Waals surface area contributed by atoms with Crippen molar-refractivity contribution in [1.82, 2.24) is 0 Å². The summed E-state index contributed by atoms with van der Waals surface area (Å²) in [5.41, 5.74) is 0. The summed E-state index contributed by atoms with van der Waals surface area (Å²) >= 11 is 5.55. The average molecular weight is 137 g/mol. The fourth-order valence-corrected chi connectivity index (χ4v) is 0.474. The summed E-state index contributed by atoms with van der Waals surface area (Å²) in [4.78, 5) is 9.33. The van der Waals surface area contributed by atoms with Gasteiger partial charge in [0.15, 0.2) is 0 Å². The monoisotopic (exact) mass is 136 g/mol. The second kappa shape index (κ2) is 2.35. The molecular formula is C5H9ClO2. The number of carbonyl (C=O) groups is 1. The lowest BCUT2D eigenvalue weighted by atomic mass is 10.1. The number of hydrogen-bond donors (Lipinski definition) is 1. The molecule has 0 rings (SSSR count). The van der Waals surface area contributed by atoms with Crippen LogP contribution in [0.4, 0.5) is 0 Å². The summed E-state index contributed by atoms with van der Waals surface area (Å²) in [6.07, 6.45) is 0.00849. The number of carboxylic acids is 1. The second-order valence-corrected chi connectivity index (χ2v) is 3.31. The van der Waals surface area contributed by atoms with Crippen molar-refractivity contribution < 1.29 is 9.90 Å². The van der Waals surface area contributed by atoms with E-state index in [-0.39, 0.29) is 6.42 Å². The van der Waals surface area contributed by atoms with E-state index in [1.807, 2.05) is 0 Å². The molecule has 0 radical (unpaired) electrons. The van der Waals surface area contributed by atoms with Crippen LogP contribution >= 0.6 is 11.6 Å². The Balaban J connectivity index is 3.55. The van der Waals surface area contributed by atoms with Gasteiger partial charge in [-0.05, 0) is 13.8 Å². The van der Waals surface area contributed by atoms with E-state index >= 15 is 0 Å². The first-order valence-electron chi connectivity index (χ1n) is 2.32. The van der Waals surface area contributed by atoms with E-state index in [4.69, 9.17) is 16.7 Å². The lowest BCUT2D eigenvalue weighted by molar-refractivity contribution is -0.137. The maximum atomic E-state index is 9.93. The van der Waals surface area contributed by atoms with Crippen molar-refractivity contribution in [3.63, 3.8) is 0 Å². The molecule has 0 saturated heterocycles. The molecule has 0 aromatic heterocycles. The molecule has 48 valence electrons. The van der Waals surface area contributed by atoms with Gasteiger partial charge in [0.25, 0.3) is 0 Å². The minimum Gasteiger partial charge on any atom is -0.481 e. The molecular weight excluding hydrogens is 128 g/mol. The normalized spacial score (nSPS) is 11.4. The van der Waals surface area contributed by atoms with Gasteiger partial charge in [-0.1, -0.05) is 0 Å². The zero-order valence-corrected chi connectivity index (χ0v) is 5.70. The molecule has 1 N–H and O–H groups in total. The molecule has 0 spiro atoms. The Kier molecular flexibility index (Phi) is 2.28. The minimum absolute atomic E-state index is 0.00849.